The van der Waals surface area contributed by atoms with Gasteiger partial charge in [0.1, 0.15) is 10.6 Å². The van der Waals surface area contributed by atoms with E-state index in [-0.39, 0.29) is 10.6 Å². The highest BCUT2D eigenvalue weighted by molar-refractivity contribution is 7.86. The summed E-state index contributed by atoms with van der Waals surface area (Å²) in [6.45, 7) is 1.97. The molecule has 0 aliphatic heterocycles. The molecule has 0 aromatic heterocycles. The van der Waals surface area contributed by atoms with Crippen molar-refractivity contribution in [3.8, 4) is 5.75 Å². The number of rotatable bonds is 6. The lowest BCUT2D eigenvalue weighted by atomic mass is 10.0. The topological polar surface area (TPSA) is 108 Å². The molecule has 1 aliphatic carbocycles. The fourth-order valence-corrected chi connectivity index (χ4v) is 3.68. The van der Waals surface area contributed by atoms with E-state index >= 15 is 0 Å². The Morgan fingerprint density at radius 2 is 1.68 bits per heavy atom. The molecule has 0 N–H and O–H groups in total. The summed E-state index contributed by atoms with van der Waals surface area (Å²) in [6.07, 6.45) is 1.31. The van der Waals surface area contributed by atoms with Gasteiger partial charge in [-0.25, -0.2) is 0 Å². The van der Waals surface area contributed by atoms with Gasteiger partial charge in [-0.05, 0) is 49.6 Å². The van der Waals surface area contributed by atoms with Gasteiger partial charge in [0.2, 0.25) is 0 Å². The molecule has 0 spiro atoms. The van der Waals surface area contributed by atoms with E-state index in [9.17, 15) is 18.5 Å². The van der Waals surface area contributed by atoms with Crippen LogP contribution in [0.15, 0.2) is 64.2 Å². The van der Waals surface area contributed by atoms with Crippen LogP contribution in [-0.2, 0) is 14.4 Å². The predicted molar refractivity (Wildman–Crippen MR) is 104 cm³/mol. The van der Waals surface area contributed by atoms with E-state index in [4.69, 9.17) is 9.02 Å². The summed E-state index contributed by atoms with van der Waals surface area (Å²) < 4.78 is 34.7. The molecule has 0 saturated carbocycles. The number of nitrogens with zero attached hydrogens (tertiary/aromatic N) is 2. The number of methoxy groups -OCH3 is 1. The zero-order chi connectivity index (χ0) is 20.3. The molecule has 0 fully saturated rings. The van der Waals surface area contributed by atoms with Crippen LogP contribution in [-0.4, -0.2) is 26.2 Å². The van der Waals surface area contributed by atoms with Crippen LogP contribution < -0.4 is 4.74 Å². The Bertz CT molecular complexity index is 1050. The summed E-state index contributed by atoms with van der Waals surface area (Å²) in [5, 5.41) is 14.6. The summed E-state index contributed by atoms with van der Waals surface area (Å²) >= 11 is 0. The summed E-state index contributed by atoms with van der Waals surface area (Å²) in [5.74, 6) is 0.718. The van der Waals surface area contributed by atoms with Gasteiger partial charge in [0.15, 0.2) is 0 Å². The molecule has 9 heteroatoms. The molecule has 0 bridgehead atoms. The van der Waals surface area contributed by atoms with Crippen LogP contribution in [0.5, 0.6) is 5.75 Å². The molecule has 146 valence electrons. The molecule has 0 amide bonds. The van der Waals surface area contributed by atoms with Crippen molar-refractivity contribution >= 4 is 27.1 Å². The van der Waals surface area contributed by atoms with Gasteiger partial charge < -0.3 is 4.74 Å². The average Bonchev–Trinajstić information content (AvgIpc) is 3.07. The van der Waals surface area contributed by atoms with Gasteiger partial charge in [-0.1, -0.05) is 22.9 Å². The molecule has 2 aromatic carbocycles. The number of allylic oxidation sites excluding steroid dienone is 2. The number of benzene rings is 2. The largest absolute Gasteiger partial charge is 0.497 e. The van der Waals surface area contributed by atoms with Crippen LogP contribution in [0.4, 0.5) is 5.69 Å². The third kappa shape index (κ3) is 4.04. The smallest absolute Gasteiger partial charge is 0.358 e. The highest BCUT2D eigenvalue weighted by Crippen LogP contribution is 2.33. The average molecular weight is 402 g/mol. The van der Waals surface area contributed by atoms with Crippen LogP contribution >= 0.6 is 0 Å². The summed E-state index contributed by atoms with van der Waals surface area (Å²) in [4.78, 5) is 9.89. The monoisotopic (exact) mass is 402 g/mol. The van der Waals surface area contributed by atoms with Crippen LogP contribution in [0.1, 0.15) is 25.3 Å². The SMILES string of the molecule is COc1ccc(C2=C(C)CCC2=NOS(=O)(=O)c2ccc([N+](=O)[O-])cc2)cc1. The van der Waals surface area contributed by atoms with Crippen LogP contribution in [0, 0.1) is 10.1 Å². The molecule has 0 heterocycles. The van der Waals surface area contributed by atoms with E-state index < -0.39 is 15.0 Å². The van der Waals surface area contributed by atoms with Crippen molar-refractivity contribution < 1.29 is 22.4 Å². The van der Waals surface area contributed by atoms with Crippen molar-refractivity contribution in [1.29, 1.82) is 0 Å². The lowest BCUT2D eigenvalue weighted by molar-refractivity contribution is -0.384. The van der Waals surface area contributed by atoms with Gasteiger partial charge in [0, 0.05) is 17.7 Å². The first-order valence-corrected chi connectivity index (χ1v) is 9.82. The van der Waals surface area contributed by atoms with Crippen molar-refractivity contribution in [1.82, 2.24) is 0 Å². The molecule has 1 aliphatic rings. The first-order valence-electron chi connectivity index (χ1n) is 8.41. The number of oxime groups is 1. The van der Waals surface area contributed by atoms with Gasteiger partial charge in [-0.15, -0.1) is 0 Å². The molecule has 2 aromatic rings. The van der Waals surface area contributed by atoms with Crippen LogP contribution in [0.2, 0.25) is 0 Å². The van der Waals surface area contributed by atoms with Gasteiger partial charge in [0.25, 0.3) is 5.69 Å². The van der Waals surface area contributed by atoms with E-state index in [0.29, 0.717) is 12.1 Å². The second-order valence-corrected chi connectivity index (χ2v) is 7.73. The standard InChI is InChI=1S/C19H18N2O6S/c1-13-3-12-18(19(13)14-4-8-16(26-2)9-5-14)20-27-28(24,25)17-10-6-15(7-11-17)21(22)23/h4-11H,3,12H2,1-2H3. The second-order valence-electron chi connectivity index (χ2n) is 6.20. The molecule has 8 nitrogen and oxygen atoms in total. The highest BCUT2D eigenvalue weighted by atomic mass is 32.2. The van der Waals surface area contributed by atoms with Gasteiger partial charge in [0.05, 0.1) is 17.7 Å². The van der Waals surface area contributed by atoms with Gasteiger partial charge in [-0.2, -0.15) is 8.42 Å². The lowest BCUT2D eigenvalue weighted by Gasteiger charge is -2.08. The maximum absolute atomic E-state index is 12.3. The van der Waals surface area contributed by atoms with E-state index in [1.807, 2.05) is 31.2 Å². The number of ether oxygens (including phenoxy) is 1. The maximum Gasteiger partial charge on any atom is 0.358 e. The van der Waals surface area contributed by atoms with Crippen molar-refractivity contribution in [2.45, 2.75) is 24.7 Å². The normalized spacial score (nSPS) is 15.7. The molecule has 0 atom stereocenters. The molecular weight excluding hydrogens is 384 g/mol. The summed E-state index contributed by atoms with van der Waals surface area (Å²) in [5.41, 5.74) is 3.15. The minimum absolute atomic E-state index is 0.202. The minimum Gasteiger partial charge on any atom is -0.497 e. The van der Waals surface area contributed by atoms with E-state index in [1.54, 1.807) is 7.11 Å². The van der Waals surface area contributed by atoms with E-state index in [1.165, 1.54) is 0 Å². The molecule has 0 unspecified atom stereocenters. The fraction of sp³-hybridized carbons (Fsp3) is 0.211. The van der Waals surface area contributed by atoms with Crippen molar-refractivity contribution in [2.24, 2.45) is 5.16 Å². The summed E-state index contributed by atoms with van der Waals surface area (Å²) in [7, 11) is -2.59. The van der Waals surface area contributed by atoms with Crippen LogP contribution in [0.3, 0.4) is 0 Å². The Hall–Kier alpha value is -3.20. The number of hydrogen-bond donors (Lipinski definition) is 0. The number of non-ortho nitro benzene ring substituents is 1. The van der Waals surface area contributed by atoms with Crippen LogP contribution in [0.25, 0.3) is 5.57 Å². The zero-order valence-corrected chi connectivity index (χ0v) is 16.1. The molecular formula is C19H18N2O6S. The second kappa shape index (κ2) is 7.81. The van der Waals surface area contributed by atoms with Crippen molar-refractivity contribution in [2.75, 3.05) is 7.11 Å². The van der Waals surface area contributed by atoms with Crippen molar-refractivity contribution in [3.05, 3.63) is 69.8 Å². The number of nitro benzene ring substituents is 1. The first kappa shape index (κ1) is 19.6. The quantitative estimate of drug-likeness (QED) is 0.535. The third-order valence-electron chi connectivity index (χ3n) is 4.41. The lowest BCUT2D eigenvalue weighted by Crippen LogP contribution is -2.06. The minimum atomic E-state index is -4.18. The van der Waals surface area contributed by atoms with E-state index in [0.717, 1.165) is 53.1 Å². The summed E-state index contributed by atoms with van der Waals surface area (Å²) in [6, 6.07) is 11.8. The highest BCUT2D eigenvalue weighted by Gasteiger charge is 2.23. The molecule has 28 heavy (non-hydrogen) atoms. The zero-order valence-electron chi connectivity index (χ0n) is 15.3. The van der Waals surface area contributed by atoms with Gasteiger partial charge >= 0.3 is 10.1 Å². The Morgan fingerprint density at radius 3 is 2.25 bits per heavy atom. The number of hydrogen-bond acceptors (Lipinski definition) is 7. The molecule has 0 radical (unpaired) electrons. The Kier molecular flexibility index (Phi) is 5.46. The Labute approximate surface area is 162 Å². The maximum atomic E-state index is 12.3. The fourth-order valence-electron chi connectivity index (χ4n) is 2.94. The molecule has 3 rings (SSSR count). The van der Waals surface area contributed by atoms with Gasteiger partial charge in [-0.3, -0.25) is 14.4 Å². The van der Waals surface area contributed by atoms with Crippen molar-refractivity contribution in [3.63, 3.8) is 0 Å². The Balaban J connectivity index is 1.84. The predicted octanol–water partition coefficient (Wildman–Crippen LogP) is 3.93. The third-order valence-corrected chi connectivity index (χ3v) is 5.53. The van der Waals surface area contributed by atoms with E-state index in [2.05, 4.69) is 5.16 Å². The Morgan fingerprint density at radius 1 is 1.04 bits per heavy atom. The molecule has 0 saturated heterocycles. The first-order chi connectivity index (χ1) is 13.3. The number of nitro groups is 1.